The number of allylic oxidation sites excluding steroid dienone is 2. The van der Waals surface area contributed by atoms with E-state index in [0.717, 1.165) is 12.1 Å². The number of carbonyl (C=O) groups excluding carboxylic acids is 1. The maximum absolute atomic E-state index is 12.8. The van der Waals surface area contributed by atoms with Crippen molar-refractivity contribution in [2.24, 2.45) is 11.8 Å². The summed E-state index contributed by atoms with van der Waals surface area (Å²) < 4.78 is 43.7. The summed E-state index contributed by atoms with van der Waals surface area (Å²) in [7, 11) is 0. The van der Waals surface area contributed by atoms with Crippen molar-refractivity contribution in [1.82, 2.24) is 5.32 Å². The Labute approximate surface area is 214 Å². The lowest BCUT2D eigenvalue weighted by Gasteiger charge is -2.19. The van der Waals surface area contributed by atoms with Gasteiger partial charge in [-0.15, -0.1) is 0 Å². The van der Waals surface area contributed by atoms with Gasteiger partial charge in [-0.25, -0.2) is 0 Å². The number of hydrogen-bond donors (Lipinski definition) is 6. The van der Waals surface area contributed by atoms with E-state index in [9.17, 15) is 33.3 Å². The van der Waals surface area contributed by atoms with Crippen LogP contribution in [0.1, 0.15) is 37.7 Å². The largest absolute Gasteiger partial charge is 0.491 e. The molecule has 0 radical (unpaired) electrons. The lowest BCUT2D eigenvalue weighted by atomic mass is 9.89. The Balaban J connectivity index is 1.80. The first-order chi connectivity index (χ1) is 17.5. The zero-order valence-corrected chi connectivity index (χ0v) is 20.4. The highest BCUT2D eigenvalue weighted by Gasteiger charge is 2.39. The fraction of sp³-hybridized carbons (Fsp3) is 0.577. The minimum absolute atomic E-state index is 0.0271. The zero-order valence-electron chi connectivity index (χ0n) is 20.4. The lowest BCUT2D eigenvalue weighted by molar-refractivity contribution is -0.137. The molecule has 0 aromatic heterocycles. The number of aliphatic hydroxyl groups is 5. The molecule has 1 amide bonds. The fourth-order valence-corrected chi connectivity index (χ4v) is 4.16. The van der Waals surface area contributed by atoms with E-state index in [1.165, 1.54) is 18.2 Å². The first-order valence-electron chi connectivity index (χ1n) is 12.2. The van der Waals surface area contributed by atoms with Crippen LogP contribution in [0.4, 0.5) is 13.2 Å². The van der Waals surface area contributed by atoms with E-state index >= 15 is 0 Å². The molecule has 1 aromatic carbocycles. The number of nitrogens with one attached hydrogen (secondary N) is 1. The van der Waals surface area contributed by atoms with E-state index in [1.807, 2.05) is 12.2 Å². The molecule has 11 heteroatoms. The van der Waals surface area contributed by atoms with E-state index in [2.05, 4.69) is 5.32 Å². The predicted octanol–water partition coefficient (Wildman–Crippen LogP) is 1.95. The van der Waals surface area contributed by atoms with Crippen LogP contribution in [-0.2, 0) is 11.0 Å². The second kappa shape index (κ2) is 15.1. The summed E-state index contributed by atoms with van der Waals surface area (Å²) in [6.45, 7) is -0.959. The van der Waals surface area contributed by atoms with Crippen molar-refractivity contribution in [1.29, 1.82) is 0 Å². The molecule has 5 atom stereocenters. The van der Waals surface area contributed by atoms with Crippen LogP contribution in [0.3, 0.4) is 0 Å². The van der Waals surface area contributed by atoms with Crippen molar-refractivity contribution >= 4 is 5.91 Å². The van der Waals surface area contributed by atoms with E-state index in [4.69, 9.17) is 14.9 Å². The third-order valence-electron chi connectivity index (χ3n) is 6.21. The molecule has 8 nitrogen and oxygen atoms in total. The minimum Gasteiger partial charge on any atom is -0.491 e. The van der Waals surface area contributed by atoms with Crippen molar-refractivity contribution in [3.63, 3.8) is 0 Å². The molecule has 1 aliphatic carbocycles. The second-order valence-electron chi connectivity index (χ2n) is 9.13. The normalized spacial score (nSPS) is 23.3. The molecule has 0 bridgehead atoms. The van der Waals surface area contributed by atoms with Gasteiger partial charge in [0.05, 0.1) is 37.0 Å². The summed E-state index contributed by atoms with van der Waals surface area (Å²) in [5.74, 6) is -1.02. The molecule has 0 heterocycles. The average molecular weight is 532 g/mol. The number of aliphatic hydroxyl groups excluding tert-OH is 5. The van der Waals surface area contributed by atoms with Gasteiger partial charge in [0.1, 0.15) is 18.5 Å². The van der Waals surface area contributed by atoms with Crippen LogP contribution in [-0.4, -0.2) is 75.6 Å². The summed E-state index contributed by atoms with van der Waals surface area (Å²) in [6, 6.07) is 3.68. The first-order valence-corrected chi connectivity index (χ1v) is 12.2. The Bertz CT molecular complexity index is 889. The van der Waals surface area contributed by atoms with Crippen LogP contribution in [0, 0.1) is 11.8 Å². The SMILES string of the molecule is O=C(CCC/C=C\C[C@@H]1C(/C=C/[C@@H](O)COc2cccc(C(F)(F)F)c2)[C@H](O)C[C@@H]1O)NC(CO)CO. The quantitative estimate of drug-likeness (QED) is 0.159. The van der Waals surface area contributed by atoms with Gasteiger partial charge in [-0.05, 0) is 43.4 Å². The molecule has 1 saturated carbocycles. The van der Waals surface area contributed by atoms with Crippen molar-refractivity contribution in [3.8, 4) is 5.75 Å². The molecule has 0 aliphatic heterocycles. The topological polar surface area (TPSA) is 139 Å². The van der Waals surface area contributed by atoms with Crippen LogP contribution in [0.15, 0.2) is 48.6 Å². The molecule has 1 fully saturated rings. The van der Waals surface area contributed by atoms with Gasteiger partial charge in [0.15, 0.2) is 0 Å². The molecule has 0 spiro atoms. The van der Waals surface area contributed by atoms with E-state index in [1.54, 1.807) is 6.08 Å². The number of halogens is 3. The lowest BCUT2D eigenvalue weighted by Crippen LogP contribution is -2.39. The standard InChI is InChI=1S/C26H36F3NO7/c27-26(28,29)17-6-5-7-20(12-17)37-16-19(33)10-11-22-21(23(34)13-24(22)35)8-3-1-2-4-9-25(36)30-18(14-31)15-32/h1,3,5-7,10-12,18-19,21-24,31-35H,2,4,8-9,13-16H2,(H,30,36)/b3-1-,11-10+/t19-,21-,22?,23+,24-/m1/s1. The van der Waals surface area contributed by atoms with E-state index in [0.29, 0.717) is 19.3 Å². The molecule has 2 rings (SSSR count). The average Bonchev–Trinajstić information content (AvgIpc) is 3.13. The molecule has 208 valence electrons. The Morgan fingerprint density at radius 1 is 1.16 bits per heavy atom. The van der Waals surface area contributed by atoms with Gasteiger partial charge in [-0.3, -0.25) is 4.79 Å². The Morgan fingerprint density at radius 2 is 1.89 bits per heavy atom. The van der Waals surface area contributed by atoms with E-state index in [-0.39, 0.29) is 50.2 Å². The van der Waals surface area contributed by atoms with Crippen molar-refractivity contribution in [2.75, 3.05) is 19.8 Å². The van der Waals surface area contributed by atoms with Crippen molar-refractivity contribution in [3.05, 3.63) is 54.1 Å². The monoisotopic (exact) mass is 531 g/mol. The van der Waals surface area contributed by atoms with Crippen LogP contribution in [0.25, 0.3) is 0 Å². The Hall–Kier alpha value is -2.44. The molecule has 0 saturated heterocycles. The summed E-state index contributed by atoms with van der Waals surface area (Å²) in [5.41, 5.74) is -0.853. The van der Waals surface area contributed by atoms with Crippen LogP contribution in [0.5, 0.6) is 5.75 Å². The molecule has 1 aliphatic rings. The van der Waals surface area contributed by atoms with Crippen LogP contribution >= 0.6 is 0 Å². The van der Waals surface area contributed by atoms with Crippen LogP contribution < -0.4 is 10.1 Å². The van der Waals surface area contributed by atoms with Gasteiger partial charge in [-0.2, -0.15) is 13.2 Å². The number of unbranched alkanes of at least 4 members (excludes halogenated alkanes) is 1. The van der Waals surface area contributed by atoms with E-state index < -0.39 is 42.0 Å². The zero-order chi connectivity index (χ0) is 27.4. The van der Waals surface area contributed by atoms with Gasteiger partial charge >= 0.3 is 6.18 Å². The van der Waals surface area contributed by atoms with Crippen LogP contribution in [0.2, 0.25) is 0 Å². The third-order valence-corrected chi connectivity index (χ3v) is 6.21. The summed E-state index contributed by atoms with van der Waals surface area (Å²) in [4.78, 5) is 11.7. The molecule has 6 N–H and O–H groups in total. The van der Waals surface area contributed by atoms with Gasteiger partial charge in [0.25, 0.3) is 0 Å². The summed E-state index contributed by atoms with van der Waals surface area (Å²) >= 11 is 0. The highest BCUT2D eigenvalue weighted by atomic mass is 19.4. The minimum atomic E-state index is -4.50. The second-order valence-corrected chi connectivity index (χ2v) is 9.13. The predicted molar refractivity (Wildman–Crippen MR) is 129 cm³/mol. The Kier molecular flexibility index (Phi) is 12.6. The van der Waals surface area contributed by atoms with Gasteiger partial charge in [0.2, 0.25) is 5.91 Å². The highest BCUT2D eigenvalue weighted by molar-refractivity contribution is 5.76. The molecule has 1 aromatic rings. The van der Waals surface area contributed by atoms with Gasteiger partial charge in [0, 0.05) is 18.8 Å². The molecule has 1 unspecified atom stereocenters. The fourth-order valence-electron chi connectivity index (χ4n) is 4.16. The Morgan fingerprint density at radius 3 is 2.57 bits per heavy atom. The van der Waals surface area contributed by atoms with Gasteiger partial charge in [-0.1, -0.05) is 30.4 Å². The smallest absolute Gasteiger partial charge is 0.416 e. The highest BCUT2D eigenvalue weighted by Crippen LogP contribution is 2.36. The summed E-state index contributed by atoms with van der Waals surface area (Å²) in [5, 5.41) is 51.3. The molecule has 37 heavy (non-hydrogen) atoms. The number of rotatable bonds is 14. The first kappa shape index (κ1) is 30.8. The van der Waals surface area contributed by atoms with Crippen molar-refractivity contribution < 1.29 is 48.2 Å². The van der Waals surface area contributed by atoms with Gasteiger partial charge < -0.3 is 35.6 Å². The number of amides is 1. The maximum Gasteiger partial charge on any atom is 0.416 e. The number of alkyl halides is 3. The molecular formula is C26H36F3NO7. The number of hydrogen-bond acceptors (Lipinski definition) is 7. The number of benzene rings is 1. The molecular weight excluding hydrogens is 495 g/mol. The third kappa shape index (κ3) is 10.4. The number of ether oxygens (including phenoxy) is 1. The number of carbonyl (C=O) groups is 1. The summed E-state index contributed by atoms with van der Waals surface area (Å²) in [6.07, 6.45) is 1.61. The van der Waals surface area contributed by atoms with Crippen molar-refractivity contribution in [2.45, 2.75) is 62.6 Å². The maximum atomic E-state index is 12.8.